The van der Waals surface area contributed by atoms with Crippen molar-refractivity contribution in [3.63, 3.8) is 0 Å². The van der Waals surface area contributed by atoms with E-state index in [1.54, 1.807) is 5.01 Å². The van der Waals surface area contributed by atoms with E-state index in [-0.39, 0.29) is 18.5 Å². The van der Waals surface area contributed by atoms with Gasteiger partial charge in [0.05, 0.1) is 0 Å². The smallest absolute Gasteiger partial charge is 0.424 e. The number of hydrogen-bond donors (Lipinski definition) is 1. The van der Waals surface area contributed by atoms with Gasteiger partial charge in [-0.05, 0) is 25.3 Å². The Labute approximate surface area is 114 Å². The predicted molar refractivity (Wildman–Crippen MR) is 72.4 cm³/mol. The first kappa shape index (κ1) is 14.8. The van der Waals surface area contributed by atoms with Gasteiger partial charge in [0.2, 0.25) is 0 Å². The summed E-state index contributed by atoms with van der Waals surface area (Å²) in [5.74, 6) is 0. The van der Waals surface area contributed by atoms with E-state index >= 15 is 0 Å². The minimum absolute atomic E-state index is 0. The average molecular weight is 271 g/mol. The van der Waals surface area contributed by atoms with E-state index in [0.29, 0.717) is 19.2 Å². The van der Waals surface area contributed by atoms with Crippen molar-refractivity contribution in [2.45, 2.75) is 32.4 Å². The quantitative estimate of drug-likeness (QED) is 0.837. The molecule has 1 amide bonds. The lowest BCUT2D eigenvalue weighted by Gasteiger charge is -2.21. The van der Waals surface area contributed by atoms with Crippen molar-refractivity contribution in [3.05, 3.63) is 35.9 Å². The molecule has 5 heteroatoms. The first-order chi connectivity index (χ1) is 8.29. The molecular formula is C13H19ClN2O2. The molecule has 0 bridgehead atoms. The molecule has 1 N–H and O–H groups in total. The number of carbonyl (C=O) groups excluding carboxylic acids is 1. The Morgan fingerprint density at radius 1 is 1.39 bits per heavy atom. The lowest BCUT2D eigenvalue weighted by Crippen LogP contribution is -2.44. The van der Waals surface area contributed by atoms with Gasteiger partial charge in [-0.1, -0.05) is 30.3 Å². The van der Waals surface area contributed by atoms with Gasteiger partial charge in [-0.15, -0.1) is 12.4 Å². The van der Waals surface area contributed by atoms with E-state index in [2.05, 4.69) is 5.43 Å². The Morgan fingerprint density at radius 2 is 2.06 bits per heavy atom. The van der Waals surface area contributed by atoms with Crippen LogP contribution in [0, 0.1) is 0 Å². The summed E-state index contributed by atoms with van der Waals surface area (Å²) in [5.41, 5.74) is 4.14. The molecule has 0 unspecified atom stereocenters. The zero-order valence-electron chi connectivity index (χ0n) is 10.5. The highest BCUT2D eigenvalue weighted by Gasteiger charge is 2.25. The zero-order chi connectivity index (χ0) is 12.1. The van der Waals surface area contributed by atoms with Crippen molar-refractivity contribution < 1.29 is 9.53 Å². The van der Waals surface area contributed by atoms with Gasteiger partial charge in [-0.3, -0.25) is 0 Å². The Balaban J connectivity index is 0.00000162. The van der Waals surface area contributed by atoms with Crippen LogP contribution >= 0.6 is 12.4 Å². The van der Waals surface area contributed by atoms with E-state index in [0.717, 1.165) is 18.4 Å². The SMILES string of the molecule is CCN(NC1CC1)C(=O)OCc1ccccc1.Cl. The second-order valence-corrected chi connectivity index (χ2v) is 4.19. The number of hydrazine groups is 1. The predicted octanol–water partition coefficient (Wildman–Crippen LogP) is 2.73. The van der Waals surface area contributed by atoms with E-state index in [1.807, 2.05) is 37.3 Å². The summed E-state index contributed by atoms with van der Waals surface area (Å²) in [4.78, 5) is 11.8. The maximum Gasteiger partial charge on any atom is 0.424 e. The molecule has 2 rings (SSSR count). The molecule has 0 atom stereocenters. The Hall–Kier alpha value is -1.26. The number of nitrogens with zero attached hydrogens (tertiary/aromatic N) is 1. The van der Waals surface area contributed by atoms with Crippen molar-refractivity contribution in [3.8, 4) is 0 Å². The molecule has 1 saturated carbocycles. The first-order valence-electron chi connectivity index (χ1n) is 6.04. The van der Waals surface area contributed by atoms with Crippen LogP contribution in [0.1, 0.15) is 25.3 Å². The fourth-order valence-corrected chi connectivity index (χ4v) is 1.50. The molecule has 0 heterocycles. The summed E-state index contributed by atoms with van der Waals surface area (Å²) >= 11 is 0. The standard InChI is InChI=1S/C13H18N2O2.ClH/c1-2-15(14-12-8-9-12)13(16)17-10-11-6-4-3-5-7-11;/h3-7,12,14H,2,8-10H2,1H3;1H. The van der Waals surface area contributed by atoms with Gasteiger partial charge in [0, 0.05) is 12.6 Å². The summed E-state index contributed by atoms with van der Waals surface area (Å²) in [6, 6.07) is 10.2. The molecule has 4 nitrogen and oxygen atoms in total. The van der Waals surface area contributed by atoms with Crippen LogP contribution in [0.3, 0.4) is 0 Å². The minimum atomic E-state index is -0.303. The fraction of sp³-hybridized carbons (Fsp3) is 0.462. The van der Waals surface area contributed by atoms with E-state index in [1.165, 1.54) is 0 Å². The molecular weight excluding hydrogens is 252 g/mol. The van der Waals surface area contributed by atoms with Crippen molar-refractivity contribution in [1.82, 2.24) is 10.4 Å². The van der Waals surface area contributed by atoms with E-state index in [4.69, 9.17) is 4.74 Å². The molecule has 0 radical (unpaired) electrons. The molecule has 1 aliphatic carbocycles. The van der Waals surface area contributed by atoms with E-state index in [9.17, 15) is 4.79 Å². The Kier molecular flexibility index (Phi) is 5.95. The highest BCUT2D eigenvalue weighted by atomic mass is 35.5. The first-order valence-corrected chi connectivity index (χ1v) is 6.04. The third kappa shape index (κ3) is 4.55. The second kappa shape index (κ2) is 7.24. The average Bonchev–Trinajstić information content (AvgIpc) is 3.18. The number of hydrogen-bond acceptors (Lipinski definition) is 3. The van der Waals surface area contributed by atoms with Gasteiger partial charge in [0.25, 0.3) is 0 Å². The molecule has 0 aromatic heterocycles. The number of halogens is 1. The molecule has 0 saturated heterocycles. The number of nitrogens with one attached hydrogen (secondary N) is 1. The summed E-state index contributed by atoms with van der Waals surface area (Å²) in [7, 11) is 0. The topological polar surface area (TPSA) is 41.6 Å². The maximum absolute atomic E-state index is 11.8. The van der Waals surface area contributed by atoms with Crippen LogP contribution in [0.2, 0.25) is 0 Å². The summed E-state index contributed by atoms with van der Waals surface area (Å²) in [5, 5.41) is 1.54. The largest absolute Gasteiger partial charge is 0.444 e. The van der Waals surface area contributed by atoms with Crippen LogP contribution in [0.5, 0.6) is 0 Å². The molecule has 1 aliphatic rings. The Bertz CT molecular complexity index is 369. The lowest BCUT2D eigenvalue weighted by molar-refractivity contribution is 0.0780. The number of benzene rings is 1. The van der Waals surface area contributed by atoms with Crippen LogP contribution in [0.25, 0.3) is 0 Å². The van der Waals surface area contributed by atoms with Crippen LogP contribution in [-0.2, 0) is 11.3 Å². The molecule has 0 aliphatic heterocycles. The molecule has 0 spiro atoms. The number of rotatable bonds is 5. The molecule has 1 aromatic carbocycles. The van der Waals surface area contributed by atoms with Gasteiger partial charge in [-0.2, -0.15) is 0 Å². The van der Waals surface area contributed by atoms with Crippen molar-refractivity contribution in [2.24, 2.45) is 0 Å². The Morgan fingerprint density at radius 3 is 2.61 bits per heavy atom. The van der Waals surface area contributed by atoms with Crippen molar-refractivity contribution in [2.75, 3.05) is 6.54 Å². The zero-order valence-corrected chi connectivity index (χ0v) is 11.3. The lowest BCUT2D eigenvalue weighted by atomic mass is 10.2. The van der Waals surface area contributed by atoms with Crippen molar-refractivity contribution in [1.29, 1.82) is 0 Å². The molecule has 100 valence electrons. The third-order valence-corrected chi connectivity index (χ3v) is 2.66. The van der Waals surface area contributed by atoms with Crippen LogP contribution in [-0.4, -0.2) is 23.7 Å². The normalized spacial score (nSPS) is 13.6. The van der Waals surface area contributed by atoms with Gasteiger partial charge in [0.1, 0.15) is 6.61 Å². The van der Waals surface area contributed by atoms with E-state index < -0.39 is 0 Å². The molecule has 1 aromatic rings. The minimum Gasteiger partial charge on any atom is -0.444 e. The van der Waals surface area contributed by atoms with Crippen LogP contribution in [0.15, 0.2) is 30.3 Å². The van der Waals surface area contributed by atoms with Gasteiger partial charge in [0.15, 0.2) is 0 Å². The number of amides is 1. The van der Waals surface area contributed by atoms with Gasteiger partial charge in [-0.25, -0.2) is 15.2 Å². The number of carbonyl (C=O) groups is 1. The van der Waals surface area contributed by atoms with Gasteiger partial charge >= 0.3 is 6.09 Å². The monoisotopic (exact) mass is 270 g/mol. The van der Waals surface area contributed by atoms with Crippen LogP contribution < -0.4 is 5.43 Å². The van der Waals surface area contributed by atoms with Crippen LogP contribution in [0.4, 0.5) is 4.79 Å². The van der Waals surface area contributed by atoms with Gasteiger partial charge < -0.3 is 4.74 Å². The molecule has 1 fully saturated rings. The number of ether oxygens (including phenoxy) is 1. The summed E-state index contributed by atoms with van der Waals surface area (Å²) < 4.78 is 5.23. The highest BCUT2D eigenvalue weighted by molar-refractivity contribution is 5.85. The third-order valence-electron chi connectivity index (χ3n) is 2.66. The summed E-state index contributed by atoms with van der Waals surface area (Å²) in [6.45, 7) is 2.87. The second-order valence-electron chi connectivity index (χ2n) is 4.19. The fourth-order valence-electron chi connectivity index (χ4n) is 1.50. The highest BCUT2D eigenvalue weighted by Crippen LogP contribution is 2.19. The molecule has 18 heavy (non-hydrogen) atoms. The van der Waals surface area contributed by atoms with Crippen molar-refractivity contribution >= 4 is 18.5 Å². The summed E-state index contributed by atoms with van der Waals surface area (Å²) in [6.07, 6.45) is 1.98. The maximum atomic E-state index is 11.8.